The fraction of sp³-hybridized carbons (Fsp3) is 0.310. The summed E-state index contributed by atoms with van der Waals surface area (Å²) in [4.78, 5) is 19.7. The molecule has 0 spiro atoms. The Labute approximate surface area is 205 Å². The van der Waals surface area contributed by atoms with Gasteiger partial charge in [0.25, 0.3) is 0 Å². The molecule has 0 unspecified atom stereocenters. The lowest BCUT2D eigenvalue weighted by Gasteiger charge is -2.19. The van der Waals surface area contributed by atoms with Crippen molar-refractivity contribution in [3.63, 3.8) is 0 Å². The Morgan fingerprint density at radius 2 is 1.83 bits per heavy atom. The molecule has 5 rings (SSSR count). The van der Waals surface area contributed by atoms with E-state index in [4.69, 9.17) is 9.72 Å². The van der Waals surface area contributed by atoms with Crippen molar-refractivity contribution in [2.75, 3.05) is 18.1 Å². The predicted octanol–water partition coefficient (Wildman–Crippen LogP) is 4.92. The molecule has 1 saturated heterocycles. The van der Waals surface area contributed by atoms with Gasteiger partial charge in [-0.05, 0) is 67.8 Å². The maximum absolute atomic E-state index is 13.0. The van der Waals surface area contributed by atoms with E-state index in [9.17, 15) is 9.90 Å². The van der Waals surface area contributed by atoms with Crippen LogP contribution in [0.25, 0.3) is 11.0 Å². The number of amides is 1. The van der Waals surface area contributed by atoms with Crippen LogP contribution in [-0.4, -0.2) is 39.8 Å². The second-order valence-electron chi connectivity index (χ2n) is 9.55. The Balaban J connectivity index is 1.39. The zero-order chi connectivity index (χ0) is 24.5. The number of anilines is 1. The number of ether oxygens (including phenoxy) is 1. The summed E-state index contributed by atoms with van der Waals surface area (Å²) in [6, 6.07) is 22.0. The Kier molecular flexibility index (Phi) is 6.31. The van der Waals surface area contributed by atoms with Crippen molar-refractivity contribution in [2.24, 2.45) is 0 Å². The SMILES string of the molecule is Cc1cccc(N2C[C@H](c3nc4ccccc4n3C[C@@H](O)COc3cc(C)ccc3C)CC2=O)c1. The summed E-state index contributed by atoms with van der Waals surface area (Å²) in [5.41, 5.74) is 6.02. The largest absolute Gasteiger partial charge is 0.491 e. The Hall–Kier alpha value is -3.64. The van der Waals surface area contributed by atoms with Gasteiger partial charge in [0.15, 0.2) is 0 Å². The number of nitrogens with zero attached hydrogens (tertiary/aromatic N) is 3. The van der Waals surface area contributed by atoms with Crippen LogP contribution in [0.3, 0.4) is 0 Å². The van der Waals surface area contributed by atoms with E-state index in [-0.39, 0.29) is 18.4 Å². The van der Waals surface area contributed by atoms with Gasteiger partial charge in [-0.2, -0.15) is 0 Å². The van der Waals surface area contributed by atoms with Crippen LogP contribution in [0.5, 0.6) is 5.75 Å². The molecule has 2 heterocycles. The minimum Gasteiger partial charge on any atom is -0.491 e. The van der Waals surface area contributed by atoms with Gasteiger partial charge in [0.2, 0.25) is 5.91 Å². The van der Waals surface area contributed by atoms with Crippen LogP contribution >= 0.6 is 0 Å². The van der Waals surface area contributed by atoms with Crippen LogP contribution in [0.1, 0.15) is 34.9 Å². The quantitative estimate of drug-likeness (QED) is 0.417. The summed E-state index contributed by atoms with van der Waals surface area (Å²) in [5, 5.41) is 10.9. The van der Waals surface area contributed by atoms with Crippen molar-refractivity contribution < 1.29 is 14.6 Å². The van der Waals surface area contributed by atoms with Gasteiger partial charge in [-0.15, -0.1) is 0 Å². The van der Waals surface area contributed by atoms with Crippen molar-refractivity contribution in [3.05, 3.63) is 89.2 Å². The third kappa shape index (κ3) is 4.80. The van der Waals surface area contributed by atoms with E-state index in [0.717, 1.165) is 45.0 Å². The Morgan fingerprint density at radius 3 is 2.66 bits per heavy atom. The third-order valence-electron chi connectivity index (χ3n) is 6.66. The number of imidazole rings is 1. The van der Waals surface area contributed by atoms with Gasteiger partial charge in [0, 0.05) is 24.6 Å². The number of aliphatic hydroxyl groups is 1. The highest BCUT2D eigenvalue weighted by atomic mass is 16.5. The summed E-state index contributed by atoms with van der Waals surface area (Å²) in [6.07, 6.45) is -0.331. The number of aliphatic hydroxyl groups excluding tert-OH is 1. The van der Waals surface area contributed by atoms with Gasteiger partial charge in [-0.1, -0.05) is 36.4 Å². The molecule has 1 N–H and O–H groups in total. The third-order valence-corrected chi connectivity index (χ3v) is 6.66. The van der Waals surface area contributed by atoms with E-state index in [1.54, 1.807) is 0 Å². The molecule has 180 valence electrons. The number of para-hydroxylation sites is 2. The van der Waals surface area contributed by atoms with Gasteiger partial charge in [-0.25, -0.2) is 4.98 Å². The first-order valence-corrected chi connectivity index (χ1v) is 12.1. The summed E-state index contributed by atoms with van der Waals surface area (Å²) < 4.78 is 8.02. The first kappa shape index (κ1) is 23.1. The molecule has 1 amide bonds. The van der Waals surface area contributed by atoms with Crippen molar-refractivity contribution in [1.29, 1.82) is 0 Å². The molecule has 0 aliphatic carbocycles. The molecule has 1 aliphatic heterocycles. The number of aromatic nitrogens is 2. The number of aryl methyl sites for hydroxylation is 3. The van der Waals surface area contributed by atoms with Crippen LogP contribution in [0.15, 0.2) is 66.7 Å². The summed E-state index contributed by atoms with van der Waals surface area (Å²) in [5.74, 6) is 1.66. The van der Waals surface area contributed by atoms with E-state index < -0.39 is 6.10 Å². The number of carbonyl (C=O) groups is 1. The van der Waals surface area contributed by atoms with Crippen molar-refractivity contribution in [2.45, 2.75) is 45.8 Å². The van der Waals surface area contributed by atoms with E-state index in [0.29, 0.717) is 19.5 Å². The molecule has 0 bridgehead atoms. The molecule has 4 aromatic rings. The molecule has 0 saturated carbocycles. The number of hydrogen-bond acceptors (Lipinski definition) is 4. The average Bonchev–Trinajstić information content (AvgIpc) is 3.40. The molecule has 2 atom stereocenters. The highest BCUT2D eigenvalue weighted by molar-refractivity contribution is 5.96. The topological polar surface area (TPSA) is 67.6 Å². The van der Waals surface area contributed by atoms with Crippen LogP contribution in [-0.2, 0) is 11.3 Å². The summed E-state index contributed by atoms with van der Waals surface area (Å²) in [6.45, 7) is 7.14. The van der Waals surface area contributed by atoms with Crippen LogP contribution in [0.2, 0.25) is 0 Å². The highest BCUT2D eigenvalue weighted by Crippen LogP contribution is 2.33. The minimum atomic E-state index is -0.726. The number of benzene rings is 3. The van der Waals surface area contributed by atoms with E-state index in [1.807, 2.05) is 92.4 Å². The number of fused-ring (bicyclic) bond motifs is 1. The van der Waals surface area contributed by atoms with Crippen molar-refractivity contribution >= 4 is 22.6 Å². The molecular formula is C29H31N3O3. The lowest BCUT2D eigenvalue weighted by atomic mass is 10.1. The Morgan fingerprint density at radius 1 is 1.03 bits per heavy atom. The molecule has 3 aromatic carbocycles. The standard InChI is InChI=1S/C29H31N3O3/c1-19-7-6-8-23(13-19)31-16-22(15-28(31)34)29-30-25-9-4-5-10-26(25)32(29)17-24(33)18-35-27-14-20(2)11-12-21(27)3/h4-14,22,24,33H,15-18H2,1-3H3/t22-,24-/m1/s1. The van der Waals surface area contributed by atoms with Gasteiger partial charge < -0.3 is 19.3 Å². The van der Waals surface area contributed by atoms with Crippen molar-refractivity contribution in [3.8, 4) is 5.75 Å². The van der Waals surface area contributed by atoms with Gasteiger partial charge in [0.1, 0.15) is 24.3 Å². The van der Waals surface area contributed by atoms with Crippen LogP contribution < -0.4 is 9.64 Å². The number of rotatable bonds is 7. The molecule has 0 radical (unpaired) electrons. The fourth-order valence-electron chi connectivity index (χ4n) is 4.84. The summed E-state index contributed by atoms with van der Waals surface area (Å²) in [7, 11) is 0. The van der Waals surface area contributed by atoms with Gasteiger partial charge >= 0.3 is 0 Å². The second kappa shape index (κ2) is 9.55. The maximum atomic E-state index is 13.0. The molecule has 1 aliphatic rings. The zero-order valence-corrected chi connectivity index (χ0v) is 20.4. The Bertz CT molecular complexity index is 1380. The highest BCUT2D eigenvalue weighted by Gasteiger charge is 2.35. The van der Waals surface area contributed by atoms with Gasteiger partial charge in [0.05, 0.1) is 17.6 Å². The second-order valence-corrected chi connectivity index (χ2v) is 9.55. The lowest BCUT2D eigenvalue weighted by molar-refractivity contribution is -0.117. The predicted molar refractivity (Wildman–Crippen MR) is 138 cm³/mol. The van der Waals surface area contributed by atoms with Crippen LogP contribution in [0.4, 0.5) is 5.69 Å². The molecular weight excluding hydrogens is 438 g/mol. The van der Waals surface area contributed by atoms with E-state index >= 15 is 0 Å². The fourth-order valence-corrected chi connectivity index (χ4v) is 4.84. The molecule has 1 aromatic heterocycles. The molecule has 6 heteroatoms. The first-order chi connectivity index (χ1) is 16.9. The van der Waals surface area contributed by atoms with Crippen molar-refractivity contribution in [1.82, 2.24) is 9.55 Å². The van der Waals surface area contributed by atoms with Gasteiger partial charge in [-0.3, -0.25) is 4.79 Å². The number of hydrogen-bond donors (Lipinski definition) is 1. The average molecular weight is 470 g/mol. The summed E-state index contributed by atoms with van der Waals surface area (Å²) >= 11 is 0. The molecule has 6 nitrogen and oxygen atoms in total. The minimum absolute atomic E-state index is 0.0532. The van der Waals surface area contributed by atoms with E-state index in [2.05, 4.69) is 4.57 Å². The number of carbonyl (C=O) groups excluding carboxylic acids is 1. The molecule has 35 heavy (non-hydrogen) atoms. The monoisotopic (exact) mass is 469 g/mol. The zero-order valence-electron chi connectivity index (χ0n) is 20.4. The lowest BCUT2D eigenvalue weighted by Crippen LogP contribution is -2.26. The normalized spacial score (nSPS) is 16.7. The smallest absolute Gasteiger partial charge is 0.227 e. The van der Waals surface area contributed by atoms with Crippen LogP contribution in [0, 0.1) is 20.8 Å². The molecule has 1 fully saturated rings. The van der Waals surface area contributed by atoms with E-state index in [1.165, 1.54) is 0 Å². The maximum Gasteiger partial charge on any atom is 0.227 e. The first-order valence-electron chi connectivity index (χ1n) is 12.1.